The molecular formula is C13H25N5. The minimum atomic E-state index is 0.765. The molecule has 0 atom stereocenters. The van der Waals surface area contributed by atoms with Crippen LogP contribution in [0.3, 0.4) is 0 Å². The van der Waals surface area contributed by atoms with E-state index < -0.39 is 0 Å². The van der Waals surface area contributed by atoms with Crippen LogP contribution in [0, 0.1) is 0 Å². The minimum absolute atomic E-state index is 0.765. The van der Waals surface area contributed by atoms with Crippen LogP contribution >= 0.6 is 0 Å². The Labute approximate surface area is 110 Å². The summed E-state index contributed by atoms with van der Waals surface area (Å²) in [6.07, 6.45) is 2.90. The number of anilines is 1. The first-order valence-corrected chi connectivity index (χ1v) is 6.88. The Kier molecular flexibility index (Phi) is 6.57. The van der Waals surface area contributed by atoms with Gasteiger partial charge in [-0.05, 0) is 26.3 Å². The second-order valence-electron chi connectivity index (χ2n) is 4.30. The van der Waals surface area contributed by atoms with Gasteiger partial charge < -0.3 is 10.2 Å². The predicted octanol–water partition coefficient (Wildman–Crippen LogP) is 1.43. The summed E-state index contributed by atoms with van der Waals surface area (Å²) in [5, 5.41) is 11.7. The van der Waals surface area contributed by atoms with Crippen molar-refractivity contribution in [1.29, 1.82) is 0 Å². The van der Waals surface area contributed by atoms with E-state index in [2.05, 4.69) is 46.2 Å². The largest absolute Gasteiger partial charge is 0.338 e. The molecule has 0 saturated heterocycles. The molecule has 0 aliphatic heterocycles. The van der Waals surface area contributed by atoms with E-state index in [1.807, 2.05) is 7.05 Å². The van der Waals surface area contributed by atoms with Gasteiger partial charge in [-0.25, -0.2) is 4.98 Å². The van der Waals surface area contributed by atoms with Crippen LogP contribution < -0.4 is 10.2 Å². The molecule has 1 rings (SSSR count). The van der Waals surface area contributed by atoms with Gasteiger partial charge in [0.1, 0.15) is 0 Å². The van der Waals surface area contributed by atoms with E-state index in [9.17, 15) is 0 Å². The van der Waals surface area contributed by atoms with Crippen LogP contribution in [-0.4, -0.2) is 41.9 Å². The number of hydrogen-bond acceptors (Lipinski definition) is 5. The zero-order valence-corrected chi connectivity index (χ0v) is 12.0. The second kappa shape index (κ2) is 7.97. The Balaban J connectivity index is 2.89. The number of hydrogen-bond donors (Lipinski definition) is 1. The molecule has 1 aromatic rings. The van der Waals surface area contributed by atoms with Gasteiger partial charge in [0, 0.05) is 19.6 Å². The van der Waals surface area contributed by atoms with E-state index in [-0.39, 0.29) is 0 Å². The van der Waals surface area contributed by atoms with Crippen molar-refractivity contribution in [2.75, 3.05) is 31.6 Å². The van der Waals surface area contributed by atoms with E-state index in [0.29, 0.717) is 0 Å². The summed E-state index contributed by atoms with van der Waals surface area (Å²) in [6.45, 7) is 9.19. The fourth-order valence-corrected chi connectivity index (χ4v) is 1.89. The third kappa shape index (κ3) is 3.91. The molecule has 0 fully saturated rings. The Hall–Kier alpha value is -1.23. The van der Waals surface area contributed by atoms with Crippen LogP contribution in [0.2, 0.25) is 0 Å². The first-order chi connectivity index (χ1) is 8.76. The summed E-state index contributed by atoms with van der Waals surface area (Å²) in [7, 11) is 1.96. The van der Waals surface area contributed by atoms with E-state index >= 15 is 0 Å². The molecule has 0 aliphatic carbocycles. The average molecular weight is 251 g/mol. The molecule has 18 heavy (non-hydrogen) atoms. The van der Waals surface area contributed by atoms with Crippen LogP contribution in [0.15, 0.2) is 0 Å². The lowest BCUT2D eigenvalue weighted by molar-refractivity contribution is 0.675. The SMILES string of the molecule is CCCN(CCNC)c1nnc(CC)c(CC)n1. The highest BCUT2D eigenvalue weighted by atomic mass is 15.3. The van der Waals surface area contributed by atoms with Crippen molar-refractivity contribution >= 4 is 5.95 Å². The molecule has 0 amide bonds. The van der Waals surface area contributed by atoms with Crippen LogP contribution in [0.4, 0.5) is 5.95 Å². The number of aromatic nitrogens is 3. The molecule has 0 aromatic carbocycles. The van der Waals surface area contributed by atoms with Gasteiger partial charge in [-0.1, -0.05) is 20.8 Å². The number of aryl methyl sites for hydroxylation is 2. The molecule has 0 spiro atoms. The summed E-state index contributed by atoms with van der Waals surface area (Å²) in [6, 6.07) is 0. The van der Waals surface area contributed by atoms with E-state index in [4.69, 9.17) is 0 Å². The number of nitrogens with zero attached hydrogens (tertiary/aromatic N) is 4. The molecular weight excluding hydrogens is 226 g/mol. The fraction of sp³-hybridized carbons (Fsp3) is 0.769. The fourth-order valence-electron chi connectivity index (χ4n) is 1.89. The maximum atomic E-state index is 4.66. The van der Waals surface area contributed by atoms with E-state index in [1.54, 1.807) is 0 Å². The van der Waals surface area contributed by atoms with Crippen molar-refractivity contribution < 1.29 is 0 Å². The zero-order valence-electron chi connectivity index (χ0n) is 12.0. The number of nitrogens with one attached hydrogen (secondary N) is 1. The van der Waals surface area contributed by atoms with Crippen molar-refractivity contribution in [2.24, 2.45) is 0 Å². The lowest BCUT2D eigenvalue weighted by atomic mass is 10.2. The summed E-state index contributed by atoms with van der Waals surface area (Å²) in [5.41, 5.74) is 2.10. The molecule has 1 N–H and O–H groups in total. The lowest BCUT2D eigenvalue weighted by Crippen LogP contribution is -2.33. The quantitative estimate of drug-likeness (QED) is 0.757. The van der Waals surface area contributed by atoms with E-state index in [0.717, 1.165) is 56.2 Å². The highest BCUT2D eigenvalue weighted by molar-refractivity contribution is 5.30. The highest BCUT2D eigenvalue weighted by Crippen LogP contribution is 2.11. The lowest BCUT2D eigenvalue weighted by Gasteiger charge is -2.22. The third-order valence-electron chi connectivity index (χ3n) is 2.91. The van der Waals surface area contributed by atoms with Gasteiger partial charge in [0.05, 0.1) is 11.4 Å². The molecule has 5 nitrogen and oxygen atoms in total. The molecule has 0 saturated carbocycles. The van der Waals surface area contributed by atoms with Gasteiger partial charge in [-0.15, -0.1) is 5.10 Å². The van der Waals surface area contributed by atoms with Crippen LogP contribution in [0.1, 0.15) is 38.6 Å². The third-order valence-corrected chi connectivity index (χ3v) is 2.91. The normalized spacial score (nSPS) is 10.7. The van der Waals surface area contributed by atoms with Gasteiger partial charge in [0.2, 0.25) is 5.95 Å². The van der Waals surface area contributed by atoms with Crippen molar-refractivity contribution in [3.05, 3.63) is 11.4 Å². The Morgan fingerprint density at radius 1 is 1.00 bits per heavy atom. The van der Waals surface area contributed by atoms with Crippen molar-refractivity contribution in [3.63, 3.8) is 0 Å². The predicted molar refractivity (Wildman–Crippen MR) is 75.0 cm³/mol. The van der Waals surface area contributed by atoms with Crippen LogP contribution in [0.5, 0.6) is 0 Å². The monoisotopic (exact) mass is 251 g/mol. The van der Waals surface area contributed by atoms with E-state index in [1.165, 1.54) is 0 Å². The highest BCUT2D eigenvalue weighted by Gasteiger charge is 2.12. The average Bonchev–Trinajstić information content (AvgIpc) is 2.42. The van der Waals surface area contributed by atoms with Crippen molar-refractivity contribution in [1.82, 2.24) is 20.5 Å². The number of likely N-dealkylation sites (N-methyl/N-ethyl adjacent to an activating group) is 1. The molecule has 1 aromatic heterocycles. The summed E-state index contributed by atoms with van der Waals surface area (Å²) < 4.78 is 0. The molecule has 0 aliphatic rings. The molecule has 1 heterocycles. The second-order valence-corrected chi connectivity index (χ2v) is 4.30. The molecule has 0 unspecified atom stereocenters. The summed E-state index contributed by atoms with van der Waals surface area (Å²) >= 11 is 0. The maximum Gasteiger partial charge on any atom is 0.245 e. The zero-order chi connectivity index (χ0) is 13.4. The molecule has 102 valence electrons. The molecule has 5 heteroatoms. The van der Waals surface area contributed by atoms with Gasteiger partial charge in [0.15, 0.2) is 0 Å². The van der Waals surface area contributed by atoms with Crippen molar-refractivity contribution in [3.8, 4) is 0 Å². The summed E-state index contributed by atoms with van der Waals surface area (Å²) in [4.78, 5) is 6.85. The Morgan fingerprint density at radius 2 is 1.72 bits per heavy atom. The topological polar surface area (TPSA) is 53.9 Å². The molecule has 0 radical (unpaired) electrons. The molecule has 0 bridgehead atoms. The van der Waals surface area contributed by atoms with Crippen molar-refractivity contribution in [2.45, 2.75) is 40.0 Å². The minimum Gasteiger partial charge on any atom is -0.338 e. The summed E-state index contributed by atoms with van der Waals surface area (Å²) in [5.74, 6) is 0.765. The van der Waals surface area contributed by atoms with Crippen LogP contribution in [0.25, 0.3) is 0 Å². The smallest absolute Gasteiger partial charge is 0.245 e. The van der Waals surface area contributed by atoms with Gasteiger partial charge in [0.25, 0.3) is 0 Å². The first-order valence-electron chi connectivity index (χ1n) is 6.88. The number of rotatable bonds is 8. The van der Waals surface area contributed by atoms with Gasteiger partial charge in [-0.2, -0.15) is 5.10 Å². The van der Waals surface area contributed by atoms with Gasteiger partial charge >= 0.3 is 0 Å². The standard InChI is InChI=1S/C13H25N5/c1-5-9-18(10-8-14-4)13-15-11(6-2)12(7-3)16-17-13/h14H,5-10H2,1-4H3. The van der Waals surface area contributed by atoms with Crippen LogP contribution in [-0.2, 0) is 12.8 Å². The Bertz CT molecular complexity index is 353. The maximum absolute atomic E-state index is 4.66. The first kappa shape index (κ1) is 14.8. The van der Waals surface area contributed by atoms with Gasteiger partial charge in [-0.3, -0.25) is 0 Å². The Morgan fingerprint density at radius 3 is 2.28 bits per heavy atom.